The van der Waals surface area contributed by atoms with Gasteiger partial charge in [-0.05, 0) is 19.3 Å². The molecule has 0 amide bonds. The average Bonchev–Trinajstić information content (AvgIpc) is 2.63. The summed E-state index contributed by atoms with van der Waals surface area (Å²) in [7, 11) is 0. The molecule has 0 aliphatic rings. The molecule has 1 heterocycles. The highest BCUT2D eigenvalue weighted by atomic mass is 15.0. The van der Waals surface area contributed by atoms with Crippen molar-refractivity contribution in [3.05, 3.63) is 43.5 Å². The van der Waals surface area contributed by atoms with Crippen LogP contribution < -0.4 is 0 Å². The minimum atomic E-state index is 0.925. The molecule has 0 unspecified atom stereocenters. The molecule has 13 heavy (non-hydrogen) atoms. The van der Waals surface area contributed by atoms with Gasteiger partial charge in [-0.1, -0.05) is 18.2 Å². The smallest absolute Gasteiger partial charge is 0.0948 e. The highest BCUT2D eigenvalue weighted by Gasteiger charge is 1.83. The number of aromatic nitrogens is 2. The van der Waals surface area contributed by atoms with E-state index in [2.05, 4.69) is 23.7 Å². The number of unbranched alkanes of at least 4 members (excludes halogenated alkanes) is 2. The van der Waals surface area contributed by atoms with Gasteiger partial charge in [0.15, 0.2) is 0 Å². The maximum absolute atomic E-state index is 3.97. The van der Waals surface area contributed by atoms with Crippen molar-refractivity contribution in [3.63, 3.8) is 0 Å². The lowest BCUT2D eigenvalue weighted by molar-refractivity contribution is 0.807. The molecule has 1 rings (SSSR count). The molecule has 0 aliphatic carbocycles. The minimum Gasteiger partial charge on any atom is -0.334 e. The topological polar surface area (TPSA) is 17.8 Å². The quantitative estimate of drug-likeness (QED) is 0.481. The predicted octanol–water partition coefficient (Wildman–Crippen LogP) is 2.80. The van der Waals surface area contributed by atoms with Gasteiger partial charge in [0.1, 0.15) is 0 Å². The molecule has 0 aromatic carbocycles. The Hall–Kier alpha value is -1.31. The highest BCUT2D eigenvalue weighted by Crippen LogP contribution is 1.97. The van der Waals surface area contributed by atoms with Gasteiger partial charge in [0.2, 0.25) is 0 Å². The van der Waals surface area contributed by atoms with E-state index in [0.717, 1.165) is 19.4 Å². The van der Waals surface area contributed by atoms with Gasteiger partial charge in [-0.25, -0.2) is 4.98 Å². The van der Waals surface area contributed by atoms with Gasteiger partial charge in [-0.15, -0.1) is 6.58 Å². The number of hydrogen-bond donors (Lipinski definition) is 0. The molecule has 0 bridgehead atoms. The maximum atomic E-state index is 3.97. The molecule has 2 heteroatoms. The lowest BCUT2D eigenvalue weighted by Crippen LogP contribution is -1.89. The first kappa shape index (κ1) is 9.78. The standard InChI is InChI=1S/C11H16N2/c1-2-3-4-5-6-7-9-13-10-8-12-11-13/h2,6-8,10-11H,1,3-5,9H2. The Morgan fingerprint density at radius 3 is 2.92 bits per heavy atom. The van der Waals surface area contributed by atoms with Crippen molar-refractivity contribution in [3.8, 4) is 0 Å². The van der Waals surface area contributed by atoms with E-state index in [1.165, 1.54) is 6.42 Å². The molecule has 0 saturated carbocycles. The van der Waals surface area contributed by atoms with Crippen LogP contribution in [0.2, 0.25) is 0 Å². The van der Waals surface area contributed by atoms with Crippen LogP contribution in [0.3, 0.4) is 0 Å². The number of allylic oxidation sites excluding steroid dienone is 3. The van der Waals surface area contributed by atoms with Crippen LogP contribution >= 0.6 is 0 Å². The summed E-state index contributed by atoms with van der Waals surface area (Å²) >= 11 is 0. The van der Waals surface area contributed by atoms with Crippen molar-refractivity contribution >= 4 is 0 Å². The normalized spacial score (nSPS) is 10.8. The van der Waals surface area contributed by atoms with E-state index in [4.69, 9.17) is 0 Å². The molecule has 0 fully saturated rings. The van der Waals surface area contributed by atoms with E-state index in [0.29, 0.717) is 0 Å². The average molecular weight is 176 g/mol. The van der Waals surface area contributed by atoms with Crippen LogP contribution in [0.25, 0.3) is 0 Å². The van der Waals surface area contributed by atoms with Crippen LogP contribution in [0.1, 0.15) is 19.3 Å². The van der Waals surface area contributed by atoms with E-state index < -0.39 is 0 Å². The van der Waals surface area contributed by atoms with E-state index >= 15 is 0 Å². The first-order valence-corrected chi connectivity index (χ1v) is 4.65. The third-order valence-electron chi connectivity index (χ3n) is 1.82. The number of hydrogen-bond acceptors (Lipinski definition) is 1. The van der Waals surface area contributed by atoms with Crippen LogP contribution in [0.15, 0.2) is 43.5 Å². The van der Waals surface area contributed by atoms with Crippen molar-refractivity contribution in [2.75, 3.05) is 0 Å². The Morgan fingerprint density at radius 2 is 2.23 bits per heavy atom. The molecular weight excluding hydrogens is 160 g/mol. The van der Waals surface area contributed by atoms with Crippen LogP contribution in [-0.4, -0.2) is 9.55 Å². The largest absolute Gasteiger partial charge is 0.334 e. The Bertz CT molecular complexity index is 247. The van der Waals surface area contributed by atoms with Crippen LogP contribution in [0, 0.1) is 0 Å². The van der Waals surface area contributed by atoms with Crippen molar-refractivity contribution in [1.82, 2.24) is 9.55 Å². The Kier molecular flexibility index (Phi) is 4.69. The summed E-state index contributed by atoms with van der Waals surface area (Å²) in [6, 6.07) is 0. The lowest BCUT2D eigenvalue weighted by Gasteiger charge is -1.94. The predicted molar refractivity (Wildman–Crippen MR) is 55.4 cm³/mol. The minimum absolute atomic E-state index is 0.925. The summed E-state index contributed by atoms with van der Waals surface area (Å²) in [5, 5.41) is 0. The van der Waals surface area contributed by atoms with E-state index in [1.807, 2.05) is 23.2 Å². The second kappa shape index (κ2) is 6.23. The summed E-state index contributed by atoms with van der Waals surface area (Å²) in [5.74, 6) is 0. The second-order valence-electron chi connectivity index (χ2n) is 2.95. The Labute approximate surface area is 79.6 Å². The molecule has 0 radical (unpaired) electrons. The summed E-state index contributed by atoms with van der Waals surface area (Å²) in [6.07, 6.45) is 15.4. The Balaban J connectivity index is 2.08. The van der Waals surface area contributed by atoms with Gasteiger partial charge < -0.3 is 4.57 Å². The van der Waals surface area contributed by atoms with Gasteiger partial charge in [-0.3, -0.25) is 0 Å². The molecule has 1 aromatic heterocycles. The zero-order chi connectivity index (χ0) is 9.36. The molecular formula is C11H16N2. The fraction of sp³-hybridized carbons (Fsp3) is 0.364. The van der Waals surface area contributed by atoms with Gasteiger partial charge in [-0.2, -0.15) is 0 Å². The van der Waals surface area contributed by atoms with Crippen molar-refractivity contribution in [2.24, 2.45) is 0 Å². The number of rotatable bonds is 6. The first-order valence-electron chi connectivity index (χ1n) is 4.65. The SMILES string of the molecule is C=CCCCC=CCn1ccnc1. The number of nitrogens with zero attached hydrogens (tertiary/aromatic N) is 2. The molecule has 0 spiro atoms. The first-order chi connectivity index (χ1) is 6.43. The van der Waals surface area contributed by atoms with Gasteiger partial charge in [0.05, 0.1) is 6.33 Å². The fourth-order valence-electron chi connectivity index (χ4n) is 1.09. The summed E-state index contributed by atoms with van der Waals surface area (Å²) in [5.41, 5.74) is 0. The Morgan fingerprint density at radius 1 is 1.31 bits per heavy atom. The summed E-state index contributed by atoms with van der Waals surface area (Å²) in [4.78, 5) is 3.97. The molecule has 0 aliphatic heterocycles. The van der Waals surface area contributed by atoms with Gasteiger partial charge >= 0.3 is 0 Å². The fourth-order valence-corrected chi connectivity index (χ4v) is 1.09. The monoisotopic (exact) mass is 176 g/mol. The van der Waals surface area contributed by atoms with E-state index in [9.17, 15) is 0 Å². The zero-order valence-corrected chi connectivity index (χ0v) is 7.89. The van der Waals surface area contributed by atoms with E-state index in [1.54, 1.807) is 6.20 Å². The lowest BCUT2D eigenvalue weighted by atomic mass is 10.2. The zero-order valence-electron chi connectivity index (χ0n) is 7.89. The second-order valence-corrected chi connectivity index (χ2v) is 2.95. The third kappa shape index (κ3) is 4.31. The van der Waals surface area contributed by atoms with Crippen molar-refractivity contribution in [2.45, 2.75) is 25.8 Å². The summed E-state index contributed by atoms with van der Waals surface area (Å²) < 4.78 is 2.05. The molecule has 0 N–H and O–H groups in total. The molecule has 70 valence electrons. The van der Waals surface area contributed by atoms with Crippen molar-refractivity contribution in [1.29, 1.82) is 0 Å². The molecule has 2 nitrogen and oxygen atoms in total. The van der Waals surface area contributed by atoms with Gasteiger partial charge in [0, 0.05) is 18.9 Å². The third-order valence-corrected chi connectivity index (χ3v) is 1.82. The number of imidazole rings is 1. The highest BCUT2D eigenvalue weighted by molar-refractivity contribution is 4.85. The molecule has 0 saturated heterocycles. The molecule has 1 aromatic rings. The molecule has 0 atom stereocenters. The summed E-state index contributed by atoms with van der Waals surface area (Å²) in [6.45, 7) is 4.61. The van der Waals surface area contributed by atoms with Crippen molar-refractivity contribution < 1.29 is 0 Å². The van der Waals surface area contributed by atoms with E-state index in [-0.39, 0.29) is 0 Å². The van der Waals surface area contributed by atoms with Gasteiger partial charge in [0.25, 0.3) is 0 Å². The van der Waals surface area contributed by atoms with Crippen LogP contribution in [0.5, 0.6) is 0 Å². The van der Waals surface area contributed by atoms with Crippen LogP contribution in [-0.2, 0) is 6.54 Å². The maximum Gasteiger partial charge on any atom is 0.0948 e. The van der Waals surface area contributed by atoms with Crippen LogP contribution in [0.4, 0.5) is 0 Å².